The normalized spacial score (nSPS) is 17.5. The second-order valence-corrected chi connectivity index (χ2v) is 8.75. The molecule has 0 bridgehead atoms. The van der Waals surface area contributed by atoms with Gasteiger partial charge in [0.25, 0.3) is 5.91 Å². The van der Waals surface area contributed by atoms with Crippen molar-refractivity contribution in [1.82, 2.24) is 20.9 Å². The number of aromatic nitrogens is 1. The van der Waals surface area contributed by atoms with E-state index in [2.05, 4.69) is 45.2 Å². The highest BCUT2D eigenvalue weighted by molar-refractivity contribution is 5.96. The van der Waals surface area contributed by atoms with Crippen LogP contribution in [0.25, 0.3) is 0 Å². The minimum Gasteiger partial charge on any atom is -0.350 e. The number of hydrogen-bond acceptors (Lipinski definition) is 4. The van der Waals surface area contributed by atoms with Crippen LogP contribution in [0.2, 0.25) is 0 Å². The standard InChI is InChI=1S/C28H32N4O2/c33-27(31-20-21-11-3-1-4-12-21)25(32-28(34)24-15-7-9-17-29-24)16-8-10-18-30-26-19-23(26)22-13-5-2-6-14-22/h1-7,9,11-15,17,23,25-26,30H,8,10,16,18-20H2,(H,31,33)(H,32,34)/t23?,25-,26?/m0/s1. The van der Waals surface area contributed by atoms with Crippen LogP contribution in [0.5, 0.6) is 0 Å². The summed E-state index contributed by atoms with van der Waals surface area (Å²) >= 11 is 0. The van der Waals surface area contributed by atoms with Gasteiger partial charge in [-0.3, -0.25) is 14.6 Å². The van der Waals surface area contributed by atoms with E-state index in [0.29, 0.717) is 30.6 Å². The van der Waals surface area contributed by atoms with Crippen LogP contribution >= 0.6 is 0 Å². The molecule has 6 nitrogen and oxygen atoms in total. The number of pyridine rings is 1. The predicted molar refractivity (Wildman–Crippen MR) is 133 cm³/mol. The Balaban J connectivity index is 1.24. The summed E-state index contributed by atoms with van der Waals surface area (Å²) < 4.78 is 0. The third-order valence-electron chi connectivity index (χ3n) is 6.17. The molecule has 6 heteroatoms. The van der Waals surface area contributed by atoms with Crippen LogP contribution in [0.15, 0.2) is 85.1 Å². The van der Waals surface area contributed by atoms with Gasteiger partial charge in [0.05, 0.1) is 0 Å². The summed E-state index contributed by atoms with van der Waals surface area (Å²) in [4.78, 5) is 29.6. The first-order valence-corrected chi connectivity index (χ1v) is 12.0. The molecule has 3 aromatic rings. The first-order valence-electron chi connectivity index (χ1n) is 12.0. The molecule has 3 N–H and O–H groups in total. The van der Waals surface area contributed by atoms with Crippen LogP contribution < -0.4 is 16.0 Å². The number of nitrogens with zero attached hydrogens (tertiary/aromatic N) is 1. The zero-order valence-electron chi connectivity index (χ0n) is 19.3. The molecule has 2 unspecified atom stereocenters. The molecule has 3 atom stereocenters. The summed E-state index contributed by atoms with van der Waals surface area (Å²) in [6, 6.07) is 25.5. The van der Waals surface area contributed by atoms with Crippen molar-refractivity contribution >= 4 is 11.8 Å². The number of carbonyl (C=O) groups is 2. The second kappa shape index (κ2) is 12.1. The molecule has 0 aliphatic heterocycles. The summed E-state index contributed by atoms with van der Waals surface area (Å²) in [5, 5.41) is 9.46. The first kappa shape index (κ1) is 23.6. The topological polar surface area (TPSA) is 83.1 Å². The lowest BCUT2D eigenvalue weighted by Gasteiger charge is -2.18. The Morgan fingerprint density at radius 2 is 1.65 bits per heavy atom. The predicted octanol–water partition coefficient (Wildman–Crippen LogP) is 3.81. The number of nitrogens with one attached hydrogen (secondary N) is 3. The van der Waals surface area contributed by atoms with Crippen LogP contribution in [-0.4, -0.2) is 35.4 Å². The molecule has 1 aliphatic carbocycles. The van der Waals surface area contributed by atoms with Crippen molar-refractivity contribution in [3.8, 4) is 0 Å². The summed E-state index contributed by atoms with van der Waals surface area (Å²) in [5.74, 6) is 0.102. The van der Waals surface area contributed by atoms with Crippen molar-refractivity contribution in [2.24, 2.45) is 0 Å². The number of rotatable bonds is 12. The van der Waals surface area contributed by atoms with E-state index in [9.17, 15) is 9.59 Å². The lowest BCUT2D eigenvalue weighted by molar-refractivity contribution is -0.123. The average Bonchev–Trinajstić information content (AvgIpc) is 3.67. The van der Waals surface area contributed by atoms with Crippen molar-refractivity contribution in [2.45, 2.75) is 50.2 Å². The van der Waals surface area contributed by atoms with E-state index < -0.39 is 6.04 Å². The zero-order valence-corrected chi connectivity index (χ0v) is 19.3. The van der Waals surface area contributed by atoms with E-state index in [1.165, 1.54) is 12.0 Å². The van der Waals surface area contributed by atoms with E-state index in [1.807, 2.05) is 36.4 Å². The van der Waals surface area contributed by atoms with Crippen LogP contribution in [-0.2, 0) is 11.3 Å². The minimum atomic E-state index is -0.601. The first-order chi connectivity index (χ1) is 16.7. The zero-order chi connectivity index (χ0) is 23.6. The molecular weight excluding hydrogens is 424 g/mol. The number of amides is 2. The third-order valence-corrected chi connectivity index (χ3v) is 6.17. The Bertz CT molecular complexity index is 1040. The van der Waals surface area contributed by atoms with Crippen molar-refractivity contribution in [2.75, 3.05) is 6.54 Å². The summed E-state index contributed by atoms with van der Waals surface area (Å²) in [5.41, 5.74) is 2.73. The molecule has 1 saturated carbocycles. The van der Waals surface area contributed by atoms with Crippen LogP contribution in [0.1, 0.15) is 53.2 Å². The molecule has 1 heterocycles. The van der Waals surface area contributed by atoms with Crippen molar-refractivity contribution in [1.29, 1.82) is 0 Å². The van der Waals surface area contributed by atoms with Gasteiger partial charge in [0.2, 0.25) is 5.91 Å². The van der Waals surface area contributed by atoms with Gasteiger partial charge in [-0.2, -0.15) is 0 Å². The number of benzene rings is 2. The Kier molecular flexibility index (Phi) is 8.41. The van der Waals surface area contributed by atoms with Gasteiger partial charge in [-0.1, -0.05) is 66.7 Å². The molecule has 1 aromatic heterocycles. The average molecular weight is 457 g/mol. The fourth-order valence-electron chi connectivity index (χ4n) is 4.16. The quantitative estimate of drug-likeness (QED) is 0.362. The fraction of sp³-hybridized carbons (Fsp3) is 0.321. The fourth-order valence-corrected chi connectivity index (χ4v) is 4.16. The van der Waals surface area contributed by atoms with Crippen LogP contribution in [0, 0.1) is 0 Å². The van der Waals surface area contributed by atoms with Gasteiger partial charge >= 0.3 is 0 Å². The van der Waals surface area contributed by atoms with Gasteiger partial charge in [-0.05, 0) is 55.5 Å². The van der Waals surface area contributed by atoms with Crippen molar-refractivity contribution < 1.29 is 9.59 Å². The smallest absolute Gasteiger partial charge is 0.270 e. The molecular formula is C28H32N4O2. The lowest BCUT2D eigenvalue weighted by atomic mass is 10.1. The van der Waals surface area contributed by atoms with Gasteiger partial charge in [-0.25, -0.2) is 0 Å². The van der Waals surface area contributed by atoms with Gasteiger partial charge in [0, 0.05) is 24.7 Å². The number of carbonyl (C=O) groups excluding carboxylic acids is 2. The van der Waals surface area contributed by atoms with Crippen LogP contribution in [0.3, 0.4) is 0 Å². The van der Waals surface area contributed by atoms with Gasteiger partial charge in [0.15, 0.2) is 0 Å². The van der Waals surface area contributed by atoms with Gasteiger partial charge in [-0.15, -0.1) is 0 Å². The Morgan fingerprint density at radius 1 is 0.912 bits per heavy atom. The van der Waals surface area contributed by atoms with Crippen molar-refractivity contribution in [3.05, 3.63) is 102 Å². The van der Waals surface area contributed by atoms with Gasteiger partial charge < -0.3 is 16.0 Å². The highest BCUT2D eigenvalue weighted by Gasteiger charge is 2.37. The second-order valence-electron chi connectivity index (χ2n) is 8.75. The molecule has 4 rings (SSSR count). The largest absolute Gasteiger partial charge is 0.350 e. The van der Waals surface area contributed by atoms with E-state index in [4.69, 9.17) is 0 Å². The SMILES string of the molecule is O=C(N[C@@H](CCCCNC1CC1c1ccccc1)C(=O)NCc1ccccc1)c1ccccn1. The number of hydrogen-bond donors (Lipinski definition) is 3. The summed E-state index contributed by atoms with van der Waals surface area (Å²) in [7, 11) is 0. The van der Waals surface area contributed by atoms with Gasteiger partial charge in [0.1, 0.15) is 11.7 Å². The van der Waals surface area contributed by atoms with Crippen LogP contribution in [0.4, 0.5) is 0 Å². The summed E-state index contributed by atoms with van der Waals surface area (Å²) in [6.07, 6.45) is 5.11. The molecule has 176 valence electrons. The Morgan fingerprint density at radius 3 is 2.38 bits per heavy atom. The maximum absolute atomic E-state index is 12.9. The van der Waals surface area contributed by atoms with E-state index in [-0.39, 0.29) is 11.8 Å². The molecule has 34 heavy (non-hydrogen) atoms. The van der Waals surface area contributed by atoms with E-state index >= 15 is 0 Å². The minimum absolute atomic E-state index is 0.174. The van der Waals surface area contributed by atoms with Crippen molar-refractivity contribution in [3.63, 3.8) is 0 Å². The molecule has 0 saturated heterocycles. The maximum Gasteiger partial charge on any atom is 0.270 e. The third kappa shape index (κ3) is 6.99. The highest BCUT2D eigenvalue weighted by atomic mass is 16.2. The van der Waals surface area contributed by atoms with E-state index in [0.717, 1.165) is 24.9 Å². The summed E-state index contributed by atoms with van der Waals surface area (Å²) in [6.45, 7) is 1.33. The number of unbranched alkanes of at least 4 members (excludes halogenated alkanes) is 1. The monoisotopic (exact) mass is 456 g/mol. The Labute approximate surface area is 201 Å². The molecule has 1 fully saturated rings. The molecule has 0 spiro atoms. The molecule has 2 amide bonds. The lowest BCUT2D eigenvalue weighted by Crippen LogP contribution is -2.46. The highest BCUT2D eigenvalue weighted by Crippen LogP contribution is 2.40. The Hall–Kier alpha value is -3.51. The van der Waals surface area contributed by atoms with E-state index in [1.54, 1.807) is 24.4 Å². The molecule has 0 radical (unpaired) electrons. The molecule has 2 aromatic carbocycles. The maximum atomic E-state index is 12.9. The molecule has 1 aliphatic rings.